The van der Waals surface area contributed by atoms with E-state index in [1.54, 1.807) is 0 Å². The maximum Gasteiger partial charge on any atom is 0.0414 e. The lowest BCUT2D eigenvalue weighted by molar-refractivity contribution is 0.377. The molecule has 0 aliphatic heterocycles. The highest BCUT2D eigenvalue weighted by atomic mass is 79.9. The molecule has 1 aromatic heterocycles. The standard InChI is InChI=1S/C14H17BrS/c1-14(2,3)8-12(15)11-9-16-13-7-5-4-6-10(11)13/h4-7,9,12H,8H2,1-3H3. The van der Waals surface area contributed by atoms with Crippen LogP contribution >= 0.6 is 27.3 Å². The van der Waals surface area contributed by atoms with Crippen LogP contribution in [0.2, 0.25) is 0 Å². The molecule has 1 aromatic carbocycles. The molecule has 0 radical (unpaired) electrons. The molecule has 0 fully saturated rings. The third-order valence-electron chi connectivity index (χ3n) is 2.64. The van der Waals surface area contributed by atoms with E-state index in [0.717, 1.165) is 6.42 Å². The van der Waals surface area contributed by atoms with E-state index in [9.17, 15) is 0 Å². The van der Waals surface area contributed by atoms with Gasteiger partial charge >= 0.3 is 0 Å². The van der Waals surface area contributed by atoms with Gasteiger partial charge in [-0.1, -0.05) is 54.9 Å². The van der Waals surface area contributed by atoms with Crippen LogP contribution in [0, 0.1) is 5.41 Å². The highest BCUT2D eigenvalue weighted by molar-refractivity contribution is 9.09. The topological polar surface area (TPSA) is 0 Å². The van der Waals surface area contributed by atoms with E-state index in [0.29, 0.717) is 10.2 Å². The quantitative estimate of drug-likeness (QED) is 0.617. The Labute approximate surface area is 110 Å². The number of halogens is 1. The highest BCUT2D eigenvalue weighted by Gasteiger charge is 2.20. The van der Waals surface area contributed by atoms with Gasteiger partial charge in [0, 0.05) is 9.53 Å². The van der Waals surface area contributed by atoms with Crippen molar-refractivity contribution in [2.75, 3.05) is 0 Å². The summed E-state index contributed by atoms with van der Waals surface area (Å²) in [4.78, 5) is 0.462. The fraction of sp³-hybridized carbons (Fsp3) is 0.429. The smallest absolute Gasteiger partial charge is 0.0414 e. The Morgan fingerprint density at radius 1 is 1.25 bits per heavy atom. The molecule has 0 aliphatic rings. The number of fused-ring (bicyclic) bond motifs is 1. The van der Waals surface area contributed by atoms with E-state index in [2.05, 4.69) is 66.3 Å². The molecule has 16 heavy (non-hydrogen) atoms. The minimum atomic E-state index is 0.358. The molecule has 0 saturated heterocycles. The fourth-order valence-corrected chi connectivity index (χ4v) is 4.43. The number of thiophene rings is 1. The molecular formula is C14H17BrS. The first-order valence-corrected chi connectivity index (χ1v) is 7.37. The van der Waals surface area contributed by atoms with Crippen molar-refractivity contribution in [2.45, 2.75) is 32.0 Å². The SMILES string of the molecule is CC(C)(C)CC(Br)c1csc2ccccc12. The summed E-state index contributed by atoms with van der Waals surface area (Å²) in [5.41, 5.74) is 1.80. The second kappa shape index (κ2) is 4.50. The predicted molar refractivity (Wildman–Crippen MR) is 77.6 cm³/mol. The minimum Gasteiger partial charge on any atom is -0.143 e. The van der Waals surface area contributed by atoms with E-state index >= 15 is 0 Å². The molecule has 2 rings (SSSR count). The van der Waals surface area contributed by atoms with Gasteiger partial charge in [-0.3, -0.25) is 0 Å². The van der Waals surface area contributed by atoms with Gasteiger partial charge in [0.1, 0.15) is 0 Å². The highest BCUT2D eigenvalue weighted by Crippen LogP contribution is 2.40. The minimum absolute atomic E-state index is 0.358. The summed E-state index contributed by atoms with van der Waals surface area (Å²) in [6, 6.07) is 8.64. The lowest BCUT2D eigenvalue weighted by Gasteiger charge is -2.21. The number of hydrogen-bond acceptors (Lipinski definition) is 1. The van der Waals surface area contributed by atoms with E-state index in [1.807, 2.05) is 11.3 Å². The van der Waals surface area contributed by atoms with Crippen molar-refractivity contribution in [3.8, 4) is 0 Å². The molecule has 2 heteroatoms. The van der Waals surface area contributed by atoms with Gasteiger partial charge in [0.15, 0.2) is 0 Å². The maximum atomic E-state index is 3.83. The lowest BCUT2D eigenvalue weighted by Crippen LogP contribution is -2.07. The fourth-order valence-electron chi connectivity index (χ4n) is 1.89. The second-order valence-electron chi connectivity index (χ2n) is 5.42. The second-order valence-corrected chi connectivity index (χ2v) is 7.44. The summed E-state index contributed by atoms with van der Waals surface area (Å²) in [6.45, 7) is 6.86. The lowest BCUT2D eigenvalue weighted by atomic mass is 9.88. The van der Waals surface area contributed by atoms with Crippen LogP contribution in [0.4, 0.5) is 0 Å². The molecule has 2 aromatic rings. The van der Waals surface area contributed by atoms with Crippen LogP contribution in [-0.4, -0.2) is 0 Å². The van der Waals surface area contributed by atoms with Gasteiger partial charge in [0.05, 0.1) is 0 Å². The number of rotatable bonds is 2. The van der Waals surface area contributed by atoms with Gasteiger partial charge in [0.2, 0.25) is 0 Å². The van der Waals surface area contributed by atoms with E-state index in [4.69, 9.17) is 0 Å². The van der Waals surface area contributed by atoms with Crippen molar-refractivity contribution in [3.63, 3.8) is 0 Å². The summed E-state index contributed by atoms with van der Waals surface area (Å²) in [5, 5.41) is 3.69. The van der Waals surface area contributed by atoms with E-state index in [1.165, 1.54) is 15.6 Å². The van der Waals surface area contributed by atoms with Gasteiger partial charge in [-0.2, -0.15) is 0 Å². The van der Waals surface area contributed by atoms with Crippen LogP contribution in [-0.2, 0) is 0 Å². The summed E-state index contributed by atoms with van der Waals surface area (Å²) in [6.07, 6.45) is 1.16. The largest absolute Gasteiger partial charge is 0.143 e. The Kier molecular flexibility index (Phi) is 3.41. The molecule has 1 unspecified atom stereocenters. The molecule has 1 atom stereocenters. The van der Waals surface area contributed by atoms with E-state index in [-0.39, 0.29) is 0 Å². The number of benzene rings is 1. The molecule has 0 spiro atoms. The molecule has 86 valence electrons. The molecule has 0 saturated carbocycles. The van der Waals surface area contributed by atoms with Crippen LogP contribution in [0.25, 0.3) is 10.1 Å². The zero-order valence-electron chi connectivity index (χ0n) is 9.96. The molecule has 1 heterocycles. The van der Waals surface area contributed by atoms with Crippen LogP contribution in [0.15, 0.2) is 29.6 Å². The van der Waals surface area contributed by atoms with Crippen LogP contribution < -0.4 is 0 Å². The average molecular weight is 297 g/mol. The summed E-state index contributed by atoms with van der Waals surface area (Å²) >= 11 is 5.67. The summed E-state index contributed by atoms with van der Waals surface area (Å²) < 4.78 is 1.39. The van der Waals surface area contributed by atoms with E-state index < -0.39 is 0 Å². The first-order chi connectivity index (χ1) is 7.47. The normalized spacial score (nSPS) is 14.2. The summed E-state index contributed by atoms with van der Waals surface area (Å²) in [5.74, 6) is 0. The average Bonchev–Trinajstić information content (AvgIpc) is 2.58. The molecule has 0 amide bonds. The molecule has 0 N–H and O–H groups in total. The first kappa shape index (κ1) is 12.1. The van der Waals surface area contributed by atoms with Crippen molar-refractivity contribution in [2.24, 2.45) is 5.41 Å². The van der Waals surface area contributed by atoms with Crippen LogP contribution in [0.3, 0.4) is 0 Å². The monoisotopic (exact) mass is 296 g/mol. The third-order valence-corrected chi connectivity index (χ3v) is 4.44. The molecule has 0 aliphatic carbocycles. The Bertz CT molecular complexity index is 479. The Morgan fingerprint density at radius 3 is 2.62 bits per heavy atom. The molecule has 0 nitrogen and oxygen atoms in total. The zero-order chi connectivity index (χ0) is 11.8. The Morgan fingerprint density at radius 2 is 1.94 bits per heavy atom. The summed E-state index contributed by atoms with van der Waals surface area (Å²) in [7, 11) is 0. The predicted octanol–water partition coefficient (Wildman–Crippen LogP) is 5.77. The maximum absolute atomic E-state index is 3.83. The van der Waals surface area contributed by atoms with Crippen molar-refractivity contribution >= 4 is 37.4 Å². The van der Waals surface area contributed by atoms with Crippen LogP contribution in [0.5, 0.6) is 0 Å². The number of hydrogen-bond donors (Lipinski definition) is 0. The van der Waals surface area contributed by atoms with Crippen molar-refractivity contribution in [3.05, 3.63) is 35.2 Å². The van der Waals surface area contributed by atoms with Gasteiger partial charge in [-0.05, 0) is 34.2 Å². The van der Waals surface area contributed by atoms with Gasteiger partial charge in [0.25, 0.3) is 0 Å². The van der Waals surface area contributed by atoms with Gasteiger partial charge in [-0.25, -0.2) is 0 Å². The Hall–Kier alpha value is -0.340. The van der Waals surface area contributed by atoms with Crippen molar-refractivity contribution < 1.29 is 0 Å². The number of alkyl halides is 1. The molecular weight excluding hydrogens is 280 g/mol. The molecule has 0 bridgehead atoms. The Balaban J connectivity index is 2.33. The van der Waals surface area contributed by atoms with Crippen LogP contribution in [0.1, 0.15) is 37.6 Å². The zero-order valence-corrected chi connectivity index (χ0v) is 12.4. The third kappa shape index (κ3) is 2.67. The van der Waals surface area contributed by atoms with Gasteiger partial charge in [-0.15, -0.1) is 11.3 Å². The van der Waals surface area contributed by atoms with Crippen molar-refractivity contribution in [1.82, 2.24) is 0 Å². The van der Waals surface area contributed by atoms with Crippen molar-refractivity contribution in [1.29, 1.82) is 0 Å². The first-order valence-electron chi connectivity index (χ1n) is 5.57. The van der Waals surface area contributed by atoms with Gasteiger partial charge < -0.3 is 0 Å².